The zero-order valence-electron chi connectivity index (χ0n) is 7.44. The predicted octanol–water partition coefficient (Wildman–Crippen LogP) is 2.37. The first kappa shape index (κ1) is 8.24. The summed E-state index contributed by atoms with van der Waals surface area (Å²) >= 11 is 0. The van der Waals surface area contributed by atoms with Crippen LogP contribution < -0.4 is 0 Å². The average Bonchev–Trinajstić information content (AvgIpc) is 2.53. The summed E-state index contributed by atoms with van der Waals surface area (Å²) in [6, 6.07) is 10.3. The highest BCUT2D eigenvalue weighted by Gasteiger charge is 2.15. The van der Waals surface area contributed by atoms with E-state index < -0.39 is 0 Å². The van der Waals surface area contributed by atoms with Gasteiger partial charge in [0, 0.05) is 6.42 Å². The monoisotopic (exact) mass is 172 g/mol. The summed E-state index contributed by atoms with van der Waals surface area (Å²) < 4.78 is 0. The van der Waals surface area contributed by atoms with Crippen LogP contribution in [0.1, 0.15) is 12.0 Å². The standard InChI is InChI=1S/C12H12O/c13-12-7-6-11(9-12)8-10-4-2-1-3-5-10/h1-7,11H,8-9H2. The van der Waals surface area contributed by atoms with Gasteiger partial charge < -0.3 is 0 Å². The summed E-state index contributed by atoms with van der Waals surface area (Å²) in [5.41, 5.74) is 1.31. The molecule has 1 nitrogen and oxygen atoms in total. The van der Waals surface area contributed by atoms with Crippen LogP contribution in [0.15, 0.2) is 42.5 Å². The summed E-state index contributed by atoms with van der Waals surface area (Å²) in [6.45, 7) is 0. The lowest BCUT2D eigenvalue weighted by atomic mass is 9.99. The van der Waals surface area contributed by atoms with Crippen LogP contribution in [0.25, 0.3) is 0 Å². The zero-order valence-corrected chi connectivity index (χ0v) is 7.44. The van der Waals surface area contributed by atoms with Gasteiger partial charge in [-0.2, -0.15) is 0 Å². The molecule has 0 aliphatic heterocycles. The summed E-state index contributed by atoms with van der Waals surface area (Å²) in [5.74, 6) is 0.691. The lowest BCUT2D eigenvalue weighted by Gasteiger charge is -2.05. The van der Waals surface area contributed by atoms with Gasteiger partial charge in [0.25, 0.3) is 0 Å². The number of carbonyl (C=O) groups is 1. The molecule has 0 saturated heterocycles. The zero-order chi connectivity index (χ0) is 9.10. The van der Waals surface area contributed by atoms with E-state index in [1.54, 1.807) is 6.08 Å². The molecule has 2 rings (SSSR count). The van der Waals surface area contributed by atoms with E-state index in [0.29, 0.717) is 12.3 Å². The Morgan fingerprint density at radius 1 is 1.23 bits per heavy atom. The first-order valence-corrected chi connectivity index (χ1v) is 4.59. The number of hydrogen-bond donors (Lipinski definition) is 0. The van der Waals surface area contributed by atoms with Crippen LogP contribution in [-0.2, 0) is 11.2 Å². The highest BCUT2D eigenvalue weighted by molar-refractivity contribution is 5.92. The molecule has 0 spiro atoms. The minimum atomic E-state index is 0.265. The maximum absolute atomic E-state index is 11.0. The summed E-state index contributed by atoms with van der Waals surface area (Å²) in [7, 11) is 0. The molecule has 1 aliphatic rings. The molecular weight excluding hydrogens is 160 g/mol. The fourth-order valence-corrected chi connectivity index (χ4v) is 1.69. The van der Waals surface area contributed by atoms with Crippen LogP contribution >= 0.6 is 0 Å². The first-order chi connectivity index (χ1) is 6.34. The first-order valence-electron chi connectivity index (χ1n) is 4.59. The number of hydrogen-bond acceptors (Lipinski definition) is 1. The van der Waals surface area contributed by atoms with Gasteiger partial charge in [0.15, 0.2) is 5.78 Å². The molecule has 1 atom stereocenters. The van der Waals surface area contributed by atoms with Crippen molar-refractivity contribution >= 4 is 5.78 Å². The Balaban J connectivity index is 2.00. The van der Waals surface area contributed by atoms with Gasteiger partial charge in [-0.05, 0) is 24.0 Å². The second-order valence-electron chi connectivity index (χ2n) is 3.48. The van der Waals surface area contributed by atoms with Crippen LogP contribution in [0.2, 0.25) is 0 Å². The van der Waals surface area contributed by atoms with E-state index >= 15 is 0 Å². The maximum atomic E-state index is 11.0. The highest BCUT2D eigenvalue weighted by atomic mass is 16.1. The van der Waals surface area contributed by atoms with Crippen molar-refractivity contribution in [1.82, 2.24) is 0 Å². The van der Waals surface area contributed by atoms with Crippen LogP contribution in [0, 0.1) is 5.92 Å². The molecular formula is C12H12O. The number of benzene rings is 1. The van der Waals surface area contributed by atoms with Crippen molar-refractivity contribution in [3.8, 4) is 0 Å². The third-order valence-corrected chi connectivity index (χ3v) is 2.36. The molecule has 0 bridgehead atoms. The van der Waals surface area contributed by atoms with Crippen molar-refractivity contribution in [2.75, 3.05) is 0 Å². The van der Waals surface area contributed by atoms with Crippen LogP contribution in [-0.4, -0.2) is 5.78 Å². The van der Waals surface area contributed by atoms with Crippen molar-refractivity contribution in [2.45, 2.75) is 12.8 Å². The molecule has 13 heavy (non-hydrogen) atoms. The molecule has 0 fully saturated rings. The quantitative estimate of drug-likeness (QED) is 0.669. The molecule has 66 valence electrons. The Hall–Kier alpha value is -1.37. The molecule has 0 radical (unpaired) electrons. The van der Waals surface area contributed by atoms with Gasteiger partial charge >= 0.3 is 0 Å². The molecule has 0 saturated carbocycles. The highest BCUT2D eigenvalue weighted by Crippen LogP contribution is 2.19. The smallest absolute Gasteiger partial charge is 0.155 e. The summed E-state index contributed by atoms with van der Waals surface area (Å²) in [4.78, 5) is 11.0. The van der Waals surface area contributed by atoms with Gasteiger partial charge in [0.1, 0.15) is 0 Å². The minimum Gasteiger partial charge on any atom is -0.295 e. The maximum Gasteiger partial charge on any atom is 0.155 e. The third kappa shape index (κ3) is 2.05. The fourth-order valence-electron chi connectivity index (χ4n) is 1.69. The Labute approximate surface area is 78.1 Å². The molecule has 0 aromatic heterocycles. The SMILES string of the molecule is O=C1C=CC(Cc2ccccc2)C1. The molecule has 0 heterocycles. The summed E-state index contributed by atoms with van der Waals surface area (Å²) in [5, 5.41) is 0. The molecule has 0 N–H and O–H groups in total. The van der Waals surface area contributed by atoms with Crippen molar-refractivity contribution in [3.63, 3.8) is 0 Å². The van der Waals surface area contributed by atoms with E-state index in [1.807, 2.05) is 24.3 Å². The van der Waals surface area contributed by atoms with E-state index in [-0.39, 0.29) is 5.78 Å². The average molecular weight is 172 g/mol. The van der Waals surface area contributed by atoms with Crippen molar-refractivity contribution in [2.24, 2.45) is 5.92 Å². The van der Waals surface area contributed by atoms with Crippen molar-refractivity contribution < 1.29 is 4.79 Å². The number of carbonyl (C=O) groups excluding carboxylic acids is 1. The van der Waals surface area contributed by atoms with Crippen molar-refractivity contribution in [3.05, 3.63) is 48.0 Å². The Bertz CT molecular complexity index is 324. The van der Waals surface area contributed by atoms with E-state index in [0.717, 1.165) is 6.42 Å². The van der Waals surface area contributed by atoms with Gasteiger partial charge in [-0.1, -0.05) is 36.4 Å². The topological polar surface area (TPSA) is 17.1 Å². The van der Waals surface area contributed by atoms with E-state index in [1.165, 1.54) is 5.56 Å². The normalized spacial score (nSPS) is 20.9. The predicted molar refractivity (Wildman–Crippen MR) is 52.4 cm³/mol. The lowest BCUT2D eigenvalue weighted by molar-refractivity contribution is -0.114. The van der Waals surface area contributed by atoms with Gasteiger partial charge in [-0.25, -0.2) is 0 Å². The number of rotatable bonds is 2. The van der Waals surface area contributed by atoms with Gasteiger partial charge in [-0.15, -0.1) is 0 Å². The minimum absolute atomic E-state index is 0.265. The van der Waals surface area contributed by atoms with E-state index in [9.17, 15) is 4.79 Å². The number of allylic oxidation sites excluding steroid dienone is 2. The molecule has 1 aromatic rings. The molecule has 1 unspecified atom stereocenters. The summed E-state index contributed by atoms with van der Waals surface area (Å²) in [6.07, 6.45) is 5.40. The van der Waals surface area contributed by atoms with E-state index in [2.05, 4.69) is 12.1 Å². The Kier molecular flexibility index (Phi) is 2.26. The molecule has 0 amide bonds. The third-order valence-electron chi connectivity index (χ3n) is 2.36. The Morgan fingerprint density at radius 2 is 2.00 bits per heavy atom. The second kappa shape index (κ2) is 3.56. The van der Waals surface area contributed by atoms with Crippen LogP contribution in [0.3, 0.4) is 0 Å². The van der Waals surface area contributed by atoms with E-state index in [4.69, 9.17) is 0 Å². The molecule has 1 aliphatic carbocycles. The molecule has 1 heteroatoms. The van der Waals surface area contributed by atoms with Gasteiger partial charge in [0.05, 0.1) is 0 Å². The fraction of sp³-hybridized carbons (Fsp3) is 0.250. The second-order valence-corrected chi connectivity index (χ2v) is 3.48. The van der Waals surface area contributed by atoms with Crippen LogP contribution in [0.4, 0.5) is 0 Å². The number of ketones is 1. The Morgan fingerprint density at radius 3 is 2.62 bits per heavy atom. The largest absolute Gasteiger partial charge is 0.295 e. The lowest BCUT2D eigenvalue weighted by Crippen LogP contribution is -2.00. The molecule has 1 aromatic carbocycles. The van der Waals surface area contributed by atoms with Crippen molar-refractivity contribution in [1.29, 1.82) is 0 Å². The van der Waals surface area contributed by atoms with Gasteiger partial charge in [0.2, 0.25) is 0 Å². The van der Waals surface area contributed by atoms with Crippen LogP contribution in [0.5, 0.6) is 0 Å². The van der Waals surface area contributed by atoms with Gasteiger partial charge in [-0.3, -0.25) is 4.79 Å².